The third-order valence-corrected chi connectivity index (χ3v) is 3.01. The Labute approximate surface area is 99.4 Å². The minimum Gasteiger partial charge on any atom is -0.329 e. The fourth-order valence-corrected chi connectivity index (χ4v) is 1.78. The lowest BCUT2D eigenvalue weighted by Crippen LogP contribution is -2.40. The molecular formula is C11H18BrN3. The van der Waals surface area contributed by atoms with Crippen molar-refractivity contribution >= 4 is 15.9 Å². The van der Waals surface area contributed by atoms with Gasteiger partial charge in [0.05, 0.1) is 0 Å². The Hall–Kier alpha value is -0.420. The summed E-state index contributed by atoms with van der Waals surface area (Å²) in [6.07, 6.45) is 0.999. The van der Waals surface area contributed by atoms with Crippen LogP contribution in [-0.4, -0.2) is 25.7 Å². The lowest BCUT2D eigenvalue weighted by atomic mass is 10.1. The Kier molecular flexibility index (Phi) is 5.86. The van der Waals surface area contributed by atoms with E-state index in [4.69, 9.17) is 11.5 Å². The largest absolute Gasteiger partial charge is 0.329 e. The summed E-state index contributed by atoms with van der Waals surface area (Å²) in [5.74, 6) is 0. The second-order valence-electron chi connectivity index (χ2n) is 3.54. The molecule has 1 aromatic rings. The van der Waals surface area contributed by atoms with Crippen LogP contribution in [-0.2, 0) is 6.42 Å². The van der Waals surface area contributed by atoms with Gasteiger partial charge in [0.2, 0.25) is 0 Å². The van der Waals surface area contributed by atoms with Crippen LogP contribution in [0.2, 0.25) is 0 Å². The molecule has 3 nitrogen and oxygen atoms in total. The van der Waals surface area contributed by atoms with Gasteiger partial charge in [0, 0.05) is 23.6 Å². The van der Waals surface area contributed by atoms with Gasteiger partial charge in [0.1, 0.15) is 0 Å². The van der Waals surface area contributed by atoms with E-state index < -0.39 is 0 Å². The first kappa shape index (κ1) is 12.6. The fourth-order valence-electron chi connectivity index (χ4n) is 1.29. The minimum absolute atomic E-state index is 0.0595. The quantitative estimate of drug-likeness (QED) is 0.673. The molecule has 0 spiro atoms. The zero-order valence-electron chi connectivity index (χ0n) is 8.75. The lowest BCUT2D eigenvalue weighted by molar-refractivity contribution is 0.583. The van der Waals surface area contributed by atoms with E-state index in [2.05, 4.69) is 33.4 Å². The third kappa shape index (κ3) is 4.75. The summed E-state index contributed by atoms with van der Waals surface area (Å²) in [4.78, 5) is 0. The topological polar surface area (TPSA) is 64.1 Å². The molecule has 84 valence electrons. The molecule has 5 N–H and O–H groups in total. The van der Waals surface area contributed by atoms with Crippen LogP contribution in [0.1, 0.15) is 5.56 Å². The number of nitrogens with one attached hydrogen (secondary N) is 1. The number of halogens is 1. The highest BCUT2D eigenvalue weighted by atomic mass is 79.9. The van der Waals surface area contributed by atoms with Crippen LogP contribution in [0.15, 0.2) is 28.7 Å². The average molecular weight is 272 g/mol. The van der Waals surface area contributed by atoms with Gasteiger partial charge in [-0.3, -0.25) is 0 Å². The predicted molar refractivity (Wildman–Crippen MR) is 67.7 cm³/mol. The van der Waals surface area contributed by atoms with Crippen LogP contribution in [0.3, 0.4) is 0 Å². The SMILES string of the molecule is NCC(N)CNCCc1ccccc1Br. The molecular weight excluding hydrogens is 254 g/mol. The highest BCUT2D eigenvalue weighted by Gasteiger charge is 2.00. The second-order valence-corrected chi connectivity index (χ2v) is 4.40. The molecule has 4 heteroatoms. The van der Waals surface area contributed by atoms with Gasteiger partial charge >= 0.3 is 0 Å². The van der Waals surface area contributed by atoms with Crippen molar-refractivity contribution in [1.29, 1.82) is 0 Å². The number of benzene rings is 1. The van der Waals surface area contributed by atoms with Crippen LogP contribution in [0.25, 0.3) is 0 Å². The van der Waals surface area contributed by atoms with Crippen LogP contribution >= 0.6 is 15.9 Å². The van der Waals surface area contributed by atoms with Crippen LogP contribution in [0.4, 0.5) is 0 Å². The number of nitrogens with two attached hydrogens (primary N) is 2. The van der Waals surface area contributed by atoms with E-state index in [-0.39, 0.29) is 6.04 Å². The van der Waals surface area contributed by atoms with Gasteiger partial charge in [0.25, 0.3) is 0 Å². The van der Waals surface area contributed by atoms with E-state index in [0.29, 0.717) is 6.54 Å². The molecule has 0 aliphatic carbocycles. The first-order chi connectivity index (χ1) is 7.24. The van der Waals surface area contributed by atoms with Gasteiger partial charge < -0.3 is 16.8 Å². The van der Waals surface area contributed by atoms with Gasteiger partial charge in [-0.25, -0.2) is 0 Å². The maximum Gasteiger partial charge on any atom is 0.0290 e. The smallest absolute Gasteiger partial charge is 0.0290 e. The summed E-state index contributed by atoms with van der Waals surface area (Å²) in [6, 6.07) is 8.30. The molecule has 0 aliphatic rings. The monoisotopic (exact) mass is 271 g/mol. The summed E-state index contributed by atoms with van der Waals surface area (Å²) in [5.41, 5.74) is 12.4. The fraction of sp³-hybridized carbons (Fsp3) is 0.455. The zero-order chi connectivity index (χ0) is 11.1. The van der Waals surface area contributed by atoms with E-state index >= 15 is 0 Å². The molecule has 15 heavy (non-hydrogen) atoms. The van der Waals surface area contributed by atoms with E-state index in [1.807, 2.05) is 12.1 Å². The van der Waals surface area contributed by atoms with Crippen LogP contribution < -0.4 is 16.8 Å². The van der Waals surface area contributed by atoms with E-state index in [1.54, 1.807) is 0 Å². The molecule has 1 aromatic carbocycles. The van der Waals surface area contributed by atoms with Crippen molar-refractivity contribution in [3.05, 3.63) is 34.3 Å². The maximum atomic E-state index is 5.69. The van der Waals surface area contributed by atoms with E-state index in [0.717, 1.165) is 24.0 Å². The molecule has 0 saturated heterocycles. The number of hydrogen-bond donors (Lipinski definition) is 3. The Morgan fingerprint density at radius 1 is 1.33 bits per heavy atom. The van der Waals surface area contributed by atoms with Crippen molar-refractivity contribution in [3.63, 3.8) is 0 Å². The molecule has 0 aliphatic heterocycles. The van der Waals surface area contributed by atoms with Crippen molar-refractivity contribution in [2.45, 2.75) is 12.5 Å². The number of hydrogen-bond acceptors (Lipinski definition) is 3. The highest BCUT2D eigenvalue weighted by Crippen LogP contribution is 2.15. The molecule has 0 saturated carbocycles. The number of rotatable bonds is 6. The van der Waals surface area contributed by atoms with Crippen LogP contribution in [0, 0.1) is 0 Å². The molecule has 1 unspecified atom stereocenters. The van der Waals surface area contributed by atoms with Gasteiger partial charge in [-0.05, 0) is 24.6 Å². The van der Waals surface area contributed by atoms with Gasteiger partial charge in [-0.1, -0.05) is 34.1 Å². The molecule has 0 bridgehead atoms. The lowest BCUT2D eigenvalue weighted by Gasteiger charge is -2.10. The molecule has 0 fully saturated rings. The van der Waals surface area contributed by atoms with Gasteiger partial charge in [-0.15, -0.1) is 0 Å². The van der Waals surface area contributed by atoms with Crippen molar-refractivity contribution in [1.82, 2.24) is 5.32 Å². The standard InChI is InChI=1S/C11H18BrN3/c12-11-4-2-1-3-9(11)5-6-15-8-10(14)7-13/h1-4,10,15H,5-8,13-14H2. The van der Waals surface area contributed by atoms with Crippen molar-refractivity contribution in [3.8, 4) is 0 Å². The predicted octanol–water partition coefficient (Wildman–Crippen LogP) is 0.867. The minimum atomic E-state index is 0.0595. The van der Waals surface area contributed by atoms with Crippen molar-refractivity contribution in [2.75, 3.05) is 19.6 Å². The zero-order valence-corrected chi connectivity index (χ0v) is 10.3. The third-order valence-electron chi connectivity index (χ3n) is 2.24. The molecule has 1 rings (SSSR count). The maximum absolute atomic E-state index is 5.69. The first-order valence-corrected chi connectivity index (χ1v) is 5.93. The summed E-state index contributed by atoms with van der Waals surface area (Å²) in [6.45, 7) is 2.24. The summed E-state index contributed by atoms with van der Waals surface area (Å²) in [5, 5.41) is 3.29. The Morgan fingerprint density at radius 3 is 2.73 bits per heavy atom. The average Bonchev–Trinajstić information content (AvgIpc) is 2.26. The van der Waals surface area contributed by atoms with Gasteiger partial charge in [-0.2, -0.15) is 0 Å². The Bertz CT molecular complexity index is 291. The highest BCUT2D eigenvalue weighted by molar-refractivity contribution is 9.10. The molecule has 1 atom stereocenters. The summed E-state index contributed by atoms with van der Waals surface area (Å²) < 4.78 is 1.16. The summed E-state index contributed by atoms with van der Waals surface area (Å²) >= 11 is 3.52. The van der Waals surface area contributed by atoms with Crippen molar-refractivity contribution < 1.29 is 0 Å². The van der Waals surface area contributed by atoms with Crippen molar-refractivity contribution in [2.24, 2.45) is 11.5 Å². The molecule has 0 radical (unpaired) electrons. The van der Waals surface area contributed by atoms with E-state index in [9.17, 15) is 0 Å². The Morgan fingerprint density at radius 2 is 2.07 bits per heavy atom. The van der Waals surface area contributed by atoms with E-state index in [1.165, 1.54) is 5.56 Å². The first-order valence-electron chi connectivity index (χ1n) is 5.14. The van der Waals surface area contributed by atoms with Gasteiger partial charge in [0.15, 0.2) is 0 Å². The second kappa shape index (κ2) is 6.95. The normalized spacial score (nSPS) is 12.7. The summed E-state index contributed by atoms with van der Waals surface area (Å²) in [7, 11) is 0. The molecule has 0 heterocycles. The molecule has 0 aromatic heterocycles. The van der Waals surface area contributed by atoms with Crippen LogP contribution in [0.5, 0.6) is 0 Å². The Balaban J connectivity index is 2.23. The molecule has 0 amide bonds.